The molecule has 2 N–H and O–H groups in total. The zero-order valence-corrected chi connectivity index (χ0v) is 26.1. The molecular formula is C27H34Cl2IN3O4. The molecule has 202 valence electrons. The van der Waals surface area contributed by atoms with Gasteiger partial charge in [-0.25, -0.2) is 9.59 Å². The molecule has 0 aliphatic carbocycles. The zero-order valence-electron chi connectivity index (χ0n) is 22.4. The zero-order chi connectivity index (χ0) is 28.4. The number of carbonyl (C=O) groups excluding carboxylic acids is 2. The third-order valence-corrected chi connectivity index (χ3v) is 5.68. The summed E-state index contributed by atoms with van der Waals surface area (Å²) in [7, 11) is 3.90. The predicted molar refractivity (Wildman–Crippen MR) is 161 cm³/mol. The van der Waals surface area contributed by atoms with Crippen molar-refractivity contribution in [2.24, 2.45) is 0 Å². The van der Waals surface area contributed by atoms with Crippen molar-refractivity contribution in [2.75, 3.05) is 31.3 Å². The Kier molecular flexibility index (Phi) is 13.0. The van der Waals surface area contributed by atoms with E-state index in [-0.39, 0.29) is 0 Å². The summed E-state index contributed by atoms with van der Waals surface area (Å²) in [5.74, 6) is 6.01. The third-order valence-electron chi connectivity index (χ3n) is 3.80. The van der Waals surface area contributed by atoms with Crippen molar-refractivity contribution in [1.82, 2.24) is 4.90 Å². The van der Waals surface area contributed by atoms with Gasteiger partial charge in [0.25, 0.3) is 0 Å². The number of anilines is 2. The summed E-state index contributed by atoms with van der Waals surface area (Å²) in [6.07, 6.45) is -0.991. The van der Waals surface area contributed by atoms with Crippen LogP contribution in [0.4, 0.5) is 21.0 Å². The SMILES string of the molecule is CC(C)(C)OC(=O)Nc1ccc(I)c(Cl)c1.CN(C)CC#Cc1ccc(NC(=O)OC(C)(C)C)cc1Cl. The lowest BCUT2D eigenvalue weighted by atomic mass is 10.2. The van der Waals surface area contributed by atoms with E-state index in [0.29, 0.717) is 28.0 Å². The van der Waals surface area contributed by atoms with Gasteiger partial charge in [-0.15, -0.1) is 0 Å². The Morgan fingerprint density at radius 3 is 1.73 bits per heavy atom. The molecule has 2 amide bonds. The smallest absolute Gasteiger partial charge is 0.412 e. The monoisotopic (exact) mass is 661 g/mol. The van der Waals surface area contributed by atoms with Crippen LogP contribution in [0.5, 0.6) is 0 Å². The van der Waals surface area contributed by atoms with E-state index in [9.17, 15) is 9.59 Å². The number of hydrogen-bond donors (Lipinski definition) is 2. The van der Waals surface area contributed by atoms with Gasteiger partial charge in [0.2, 0.25) is 0 Å². The lowest BCUT2D eigenvalue weighted by Gasteiger charge is -2.19. The highest BCUT2D eigenvalue weighted by molar-refractivity contribution is 14.1. The van der Waals surface area contributed by atoms with Gasteiger partial charge >= 0.3 is 12.2 Å². The van der Waals surface area contributed by atoms with E-state index in [4.69, 9.17) is 32.7 Å². The average Bonchev–Trinajstić information content (AvgIpc) is 2.70. The first-order valence-corrected chi connectivity index (χ1v) is 13.2. The minimum Gasteiger partial charge on any atom is -0.444 e. The average molecular weight is 662 g/mol. The normalized spacial score (nSPS) is 10.9. The van der Waals surface area contributed by atoms with Crippen molar-refractivity contribution in [1.29, 1.82) is 0 Å². The molecule has 0 heterocycles. The second kappa shape index (κ2) is 14.7. The molecule has 2 aromatic carbocycles. The first-order chi connectivity index (χ1) is 16.9. The van der Waals surface area contributed by atoms with Crippen molar-refractivity contribution >= 4 is 69.4 Å². The van der Waals surface area contributed by atoms with Gasteiger partial charge < -0.3 is 9.47 Å². The fourth-order valence-electron chi connectivity index (χ4n) is 2.40. The number of nitrogens with zero attached hydrogens (tertiary/aromatic N) is 1. The Balaban J connectivity index is 0.000000384. The molecule has 2 rings (SSSR count). The molecule has 0 saturated carbocycles. The van der Waals surface area contributed by atoms with Crippen LogP contribution < -0.4 is 10.6 Å². The van der Waals surface area contributed by atoms with Crippen LogP contribution >= 0.6 is 45.8 Å². The van der Waals surface area contributed by atoms with E-state index in [0.717, 1.165) is 9.13 Å². The highest BCUT2D eigenvalue weighted by atomic mass is 127. The number of halogens is 3. The van der Waals surface area contributed by atoms with Gasteiger partial charge in [-0.3, -0.25) is 15.5 Å². The van der Waals surface area contributed by atoms with Crippen LogP contribution in [0, 0.1) is 15.4 Å². The van der Waals surface area contributed by atoms with Crippen LogP contribution in [0.1, 0.15) is 47.1 Å². The number of benzene rings is 2. The predicted octanol–water partition coefficient (Wildman–Crippen LogP) is 7.89. The number of hydrogen-bond acceptors (Lipinski definition) is 5. The van der Waals surface area contributed by atoms with Crippen LogP contribution in [0.15, 0.2) is 36.4 Å². The molecule has 0 atom stereocenters. The Morgan fingerprint density at radius 2 is 1.32 bits per heavy atom. The Labute approximate surface area is 243 Å². The molecule has 0 saturated heterocycles. The van der Waals surface area contributed by atoms with E-state index < -0.39 is 23.4 Å². The van der Waals surface area contributed by atoms with E-state index in [2.05, 4.69) is 45.1 Å². The molecular weight excluding hydrogens is 628 g/mol. The highest BCUT2D eigenvalue weighted by Crippen LogP contribution is 2.23. The molecule has 0 aromatic heterocycles. The molecule has 2 aromatic rings. The van der Waals surface area contributed by atoms with Gasteiger partial charge in [0, 0.05) is 20.5 Å². The summed E-state index contributed by atoms with van der Waals surface area (Å²) in [6, 6.07) is 10.5. The van der Waals surface area contributed by atoms with Crippen molar-refractivity contribution in [3.63, 3.8) is 0 Å². The summed E-state index contributed by atoms with van der Waals surface area (Å²) in [6.45, 7) is 11.5. The van der Waals surface area contributed by atoms with E-state index in [1.54, 1.807) is 30.3 Å². The number of carbonyl (C=O) groups is 2. The van der Waals surface area contributed by atoms with Crippen LogP contribution in [0.25, 0.3) is 0 Å². The third kappa shape index (κ3) is 15.0. The summed E-state index contributed by atoms with van der Waals surface area (Å²) < 4.78 is 11.2. The standard InChI is InChI=1S/C16H21ClN2O2.C11H13ClINO2/c1-16(2,3)21-15(20)18-13-9-8-12(14(17)11-13)7-6-10-19(4)5;1-11(2,3)16-10(15)14-7-4-5-9(13)8(12)6-7/h8-9,11H,10H2,1-5H3,(H,18,20);4-6H,1-3H3,(H,14,15). The number of amides is 2. The molecule has 37 heavy (non-hydrogen) atoms. The minimum absolute atomic E-state index is 0.482. The molecule has 0 bridgehead atoms. The molecule has 10 heteroatoms. The Morgan fingerprint density at radius 1 is 0.865 bits per heavy atom. The van der Waals surface area contributed by atoms with Gasteiger partial charge in [-0.2, -0.15) is 0 Å². The molecule has 0 unspecified atom stereocenters. The quantitative estimate of drug-likeness (QED) is 0.258. The fraction of sp³-hybridized carbons (Fsp3) is 0.407. The van der Waals surface area contributed by atoms with Gasteiger partial charge in [-0.1, -0.05) is 35.0 Å². The lowest BCUT2D eigenvalue weighted by Crippen LogP contribution is -2.27. The van der Waals surface area contributed by atoms with Crippen molar-refractivity contribution < 1.29 is 19.1 Å². The van der Waals surface area contributed by atoms with E-state index in [1.165, 1.54) is 0 Å². The maximum absolute atomic E-state index is 11.7. The summed E-state index contributed by atoms with van der Waals surface area (Å²) in [5, 5.41) is 6.36. The largest absolute Gasteiger partial charge is 0.444 e. The Bertz CT molecular complexity index is 1150. The first-order valence-electron chi connectivity index (χ1n) is 11.3. The van der Waals surface area contributed by atoms with Gasteiger partial charge in [0.1, 0.15) is 11.2 Å². The molecule has 0 fully saturated rings. The van der Waals surface area contributed by atoms with Crippen LogP contribution in [0.2, 0.25) is 10.0 Å². The topological polar surface area (TPSA) is 79.9 Å². The van der Waals surface area contributed by atoms with Crippen LogP contribution in [-0.2, 0) is 9.47 Å². The molecule has 0 radical (unpaired) electrons. The summed E-state index contributed by atoms with van der Waals surface area (Å²) in [4.78, 5) is 25.1. The summed E-state index contributed by atoms with van der Waals surface area (Å²) >= 11 is 14.2. The number of nitrogens with one attached hydrogen (secondary N) is 2. The minimum atomic E-state index is -0.536. The van der Waals surface area contributed by atoms with Crippen LogP contribution in [-0.4, -0.2) is 48.9 Å². The maximum Gasteiger partial charge on any atom is 0.412 e. The molecule has 0 aliphatic heterocycles. The van der Waals surface area contributed by atoms with Gasteiger partial charge in [0.15, 0.2) is 0 Å². The molecule has 0 spiro atoms. The second-order valence-electron chi connectivity index (χ2n) is 10.1. The van der Waals surface area contributed by atoms with Gasteiger partial charge in [-0.05, 0) is 115 Å². The maximum atomic E-state index is 11.7. The summed E-state index contributed by atoms with van der Waals surface area (Å²) in [5.41, 5.74) is 0.892. The van der Waals surface area contributed by atoms with Crippen LogP contribution in [0.3, 0.4) is 0 Å². The number of rotatable bonds is 3. The van der Waals surface area contributed by atoms with E-state index >= 15 is 0 Å². The van der Waals surface area contributed by atoms with Crippen molar-refractivity contribution in [3.05, 3.63) is 55.6 Å². The van der Waals surface area contributed by atoms with Gasteiger partial charge in [0.05, 0.1) is 16.6 Å². The number of ether oxygens (including phenoxy) is 2. The van der Waals surface area contributed by atoms with Crippen molar-refractivity contribution in [3.8, 4) is 11.8 Å². The lowest BCUT2D eigenvalue weighted by molar-refractivity contribution is 0.0624. The van der Waals surface area contributed by atoms with E-state index in [1.807, 2.05) is 66.6 Å². The Hall–Kier alpha value is -2.19. The highest BCUT2D eigenvalue weighted by Gasteiger charge is 2.17. The first kappa shape index (κ1) is 32.8. The molecule has 0 aliphatic rings. The van der Waals surface area contributed by atoms with Crippen molar-refractivity contribution in [2.45, 2.75) is 52.7 Å². The second-order valence-corrected chi connectivity index (χ2v) is 12.1. The fourth-order valence-corrected chi connectivity index (χ4v) is 3.15. The molecule has 7 nitrogen and oxygen atoms in total.